The Morgan fingerprint density at radius 2 is 1.44 bits per heavy atom. The van der Waals surface area contributed by atoms with Crippen molar-refractivity contribution in [3.8, 4) is 0 Å². The Hall–Kier alpha value is -0.693. The zero-order valence-electron chi connectivity index (χ0n) is 16.3. The van der Waals surface area contributed by atoms with Crippen LogP contribution >= 0.6 is 0 Å². The summed E-state index contributed by atoms with van der Waals surface area (Å²) >= 11 is 0. The second-order valence-corrected chi connectivity index (χ2v) is 15.0. The summed E-state index contributed by atoms with van der Waals surface area (Å²) in [5, 5.41) is 0.190. The maximum absolute atomic E-state index is 12.4. The van der Waals surface area contributed by atoms with E-state index in [4.69, 9.17) is 8.61 Å². The number of benzene rings is 1. The van der Waals surface area contributed by atoms with Gasteiger partial charge in [0.1, 0.15) is 0 Å². The van der Waals surface area contributed by atoms with E-state index in [-0.39, 0.29) is 22.1 Å². The maximum atomic E-state index is 12.4. The van der Waals surface area contributed by atoms with Crippen LogP contribution in [-0.4, -0.2) is 28.9 Å². The van der Waals surface area contributed by atoms with Gasteiger partial charge in [0.2, 0.25) is 0 Å². The number of hydrogen-bond acceptors (Lipinski definition) is 4. The smallest absolute Gasteiger partial charge is 0.297 e. The van der Waals surface area contributed by atoms with E-state index in [1.807, 2.05) is 6.92 Å². The minimum absolute atomic E-state index is 0.190. The van der Waals surface area contributed by atoms with Gasteiger partial charge in [-0.25, -0.2) is 0 Å². The molecule has 0 spiro atoms. The van der Waals surface area contributed by atoms with Crippen LogP contribution in [0.4, 0.5) is 0 Å². The Labute approximate surface area is 154 Å². The summed E-state index contributed by atoms with van der Waals surface area (Å²) in [4.78, 5) is 0.234. The molecule has 25 heavy (non-hydrogen) atoms. The highest BCUT2D eigenvalue weighted by Crippen LogP contribution is 2.39. The molecular formula is C19H32O4SSi. The van der Waals surface area contributed by atoms with Crippen molar-refractivity contribution in [3.05, 3.63) is 29.8 Å². The normalized spacial score (nSPS) is 22.8. The second-order valence-electron chi connectivity index (χ2n) is 8.64. The molecule has 0 heterocycles. The molecule has 6 heteroatoms. The molecule has 1 fully saturated rings. The number of rotatable bonds is 5. The molecule has 0 atom stereocenters. The molecule has 1 aliphatic carbocycles. The lowest BCUT2D eigenvalue weighted by Crippen LogP contribution is -2.45. The summed E-state index contributed by atoms with van der Waals surface area (Å²) in [6, 6.07) is 6.80. The van der Waals surface area contributed by atoms with E-state index in [2.05, 4.69) is 33.9 Å². The lowest BCUT2D eigenvalue weighted by Gasteiger charge is -2.41. The van der Waals surface area contributed by atoms with E-state index < -0.39 is 18.4 Å². The molecule has 0 N–H and O–H groups in total. The van der Waals surface area contributed by atoms with Crippen LogP contribution in [0.25, 0.3) is 0 Å². The van der Waals surface area contributed by atoms with Gasteiger partial charge in [-0.2, -0.15) is 8.42 Å². The summed E-state index contributed by atoms with van der Waals surface area (Å²) < 4.78 is 36.7. The Balaban J connectivity index is 1.91. The van der Waals surface area contributed by atoms with Gasteiger partial charge in [0.05, 0.1) is 11.0 Å². The van der Waals surface area contributed by atoms with Gasteiger partial charge in [-0.3, -0.25) is 4.18 Å². The largest absolute Gasteiger partial charge is 0.414 e. The zero-order chi connectivity index (χ0) is 18.9. The van der Waals surface area contributed by atoms with E-state index in [1.54, 1.807) is 24.3 Å². The quantitative estimate of drug-likeness (QED) is 0.527. The molecule has 0 aromatic heterocycles. The van der Waals surface area contributed by atoms with Crippen molar-refractivity contribution in [2.24, 2.45) is 0 Å². The van der Waals surface area contributed by atoms with E-state index in [0.717, 1.165) is 31.2 Å². The monoisotopic (exact) mass is 384 g/mol. The SMILES string of the molecule is Cc1ccc(S(=O)(=O)O[C@H]2CC[C@H](O[Si](C)(C)C(C)(C)C)CC2)cc1. The van der Waals surface area contributed by atoms with Gasteiger partial charge < -0.3 is 4.43 Å². The highest BCUT2D eigenvalue weighted by Gasteiger charge is 2.40. The highest BCUT2D eigenvalue weighted by molar-refractivity contribution is 7.86. The minimum atomic E-state index is -3.68. The van der Waals surface area contributed by atoms with Gasteiger partial charge in [0, 0.05) is 6.10 Å². The van der Waals surface area contributed by atoms with E-state index >= 15 is 0 Å². The summed E-state index contributed by atoms with van der Waals surface area (Å²) in [7, 11) is -5.46. The summed E-state index contributed by atoms with van der Waals surface area (Å²) in [6.45, 7) is 13.2. The maximum Gasteiger partial charge on any atom is 0.297 e. The van der Waals surface area contributed by atoms with Crippen LogP contribution in [0.1, 0.15) is 52.0 Å². The van der Waals surface area contributed by atoms with E-state index in [9.17, 15) is 8.42 Å². The molecule has 0 saturated heterocycles. The third-order valence-corrected chi connectivity index (χ3v) is 11.4. The second kappa shape index (κ2) is 7.51. The van der Waals surface area contributed by atoms with Gasteiger partial charge in [-0.1, -0.05) is 38.5 Å². The van der Waals surface area contributed by atoms with Gasteiger partial charge in [-0.05, 0) is 62.9 Å². The van der Waals surface area contributed by atoms with Gasteiger partial charge >= 0.3 is 0 Å². The fraction of sp³-hybridized carbons (Fsp3) is 0.684. The minimum Gasteiger partial charge on any atom is -0.414 e. The standard InChI is InChI=1S/C19H32O4SSi/c1-15-7-13-18(14-8-15)24(20,21)22-16-9-11-17(12-10-16)23-25(5,6)19(2,3)4/h7-8,13-14,16-17H,9-12H2,1-6H3/t16-,17-. The first kappa shape index (κ1) is 20.6. The van der Waals surface area contributed by atoms with Crippen molar-refractivity contribution in [2.45, 2.75) is 88.6 Å². The molecular weight excluding hydrogens is 352 g/mol. The van der Waals surface area contributed by atoms with Crippen LogP contribution in [0.15, 0.2) is 29.2 Å². The van der Waals surface area contributed by atoms with Crippen molar-refractivity contribution < 1.29 is 17.0 Å². The van der Waals surface area contributed by atoms with Crippen molar-refractivity contribution in [1.82, 2.24) is 0 Å². The Morgan fingerprint density at radius 3 is 1.92 bits per heavy atom. The third-order valence-electron chi connectivity index (χ3n) is 5.46. The van der Waals surface area contributed by atoms with Gasteiger partial charge in [0.15, 0.2) is 8.32 Å². The van der Waals surface area contributed by atoms with Crippen LogP contribution in [0.5, 0.6) is 0 Å². The third kappa shape index (κ3) is 5.39. The number of hydrogen-bond donors (Lipinski definition) is 0. The van der Waals surface area contributed by atoms with Crippen LogP contribution in [-0.2, 0) is 18.7 Å². The van der Waals surface area contributed by atoms with Crippen molar-refractivity contribution in [1.29, 1.82) is 0 Å². The molecule has 1 aromatic carbocycles. The Kier molecular flexibility index (Phi) is 6.19. The van der Waals surface area contributed by atoms with Crippen molar-refractivity contribution in [2.75, 3.05) is 0 Å². The van der Waals surface area contributed by atoms with Crippen molar-refractivity contribution >= 4 is 18.4 Å². The molecule has 1 aliphatic rings. The lowest BCUT2D eigenvalue weighted by atomic mass is 9.95. The molecule has 0 bridgehead atoms. The molecule has 0 radical (unpaired) electrons. The molecule has 2 rings (SSSR count). The van der Waals surface area contributed by atoms with Gasteiger partial charge in [-0.15, -0.1) is 0 Å². The molecule has 0 amide bonds. The fourth-order valence-electron chi connectivity index (χ4n) is 2.78. The lowest BCUT2D eigenvalue weighted by molar-refractivity contribution is 0.0757. The topological polar surface area (TPSA) is 52.6 Å². The number of aryl methyl sites for hydroxylation is 1. The summed E-state index contributed by atoms with van der Waals surface area (Å²) in [6.07, 6.45) is 3.16. The van der Waals surface area contributed by atoms with Crippen LogP contribution < -0.4 is 0 Å². The average Bonchev–Trinajstić information content (AvgIpc) is 2.48. The molecule has 4 nitrogen and oxygen atoms in total. The van der Waals surface area contributed by atoms with Crippen LogP contribution in [0, 0.1) is 6.92 Å². The fourth-order valence-corrected chi connectivity index (χ4v) is 5.33. The summed E-state index contributed by atoms with van der Waals surface area (Å²) in [5.41, 5.74) is 1.03. The first-order valence-corrected chi connectivity index (χ1v) is 13.4. The summed E-state index contributed by atoms with van der Waals surface area (Å²) in [5.74, 6) is 0. The Bertz CT molecular complexity index is 666. The predicted octanol–water partition coefficient (Wildman–Crippen LogP) is 5.03. The van der Waals surface area contributed by atoms with Crippen molar-refractivity contribution in [3.63, 3.8) is 0 Å². The molecule has 0 aliphatic heterocycles. The van der Waals surface area contributed by atoms with E-state index in [1.165, 1.54) is 0 Å². The molecule has 1 aromatic rings. The molecule has 1 saturated carbocycles. The average molecular weight is 385 g/mol. The van der Waals surface area contributed by atoms with E-state index in [0.29, 0.717) is 0 Å². The first-order chi connectivity index (χ1) is 11.4. The van der Waals surface area contributed by atoms with Crippen LogP contribution in [0.3, 0.4) is 0 Å². The molecule has 142 valence electrons. The molecule has 0 unspecified atom stereocenters. The predicted molar refractivity (Wildman–Crippen MR) is 104 cm³/mol. The Morgan fingerprint density at radius 1 is 0.960 bits per heavy atom. The zero-order valence-corrected chi connectivity index (χ0v) is 18.2. The highest BCUT2D eigenvalue weighted by atomic mass is 32.2. The van der Waals surface area contributed by atoms with Crippen LogP contribution in [0.2, 0.25) is 18.1 Å². The van der Waals surface area contributed by atoms with Gasteiger partial charge in [0.25, 0.3) is 10.1 Å². The first-order valence-electron chi connectivity index (χ1n) is 9.08.